The van der Waals surface area contributed by atoms with Gasteiger partial charge in [0.05, 0.1) is 19.3 Å². The van der Waals surface area contributed by atoms with Crippen molar-refractivity contribution in [1.29, 1.82) is 0 Å². The molecule has 0 atom stereocenters. The van der Waals surface area contributed by atoms with Crippen LogP contribution in [0.25, 0.3) is 0 Å². The van der Waals surface area contributed by atoms with Gasteiger partial charge in [-0.25, -0.2) is 4.79 Å². The summed E-state index contributed by atoms with van der Waals surface area (Å²) in [5, 5.41) is 0. The highest BCUT2D eigenvalue weighted by Crippen LogP contribution is 2.31. The lowest BCUT2D eigenvalue weighted by atomic mass is 10.1. The number of ketones is 1. The highest BCUT2D eigenvalue weighted by molar-refractivity contribution is 6.00. The summed E-state index contributed by atoms with van der Waals surface area (Å²) in [5.74, 6) is 1.10. The maximum absolute atomic E-state index is 12.3. The molecule has 0 amide bonds. The van der Waals surface area contributed by atoms with Crippen LogP contribution >= 0.6 is 0 Å². The van der Waals surface area contributed by atoms with Gasteiger partial charge in [-0.1, -0.05) is 0 Å². The van der Waals surface area contributed by atoms with E-state index in [0.29, 0.717) is 48.4 Å². The second-order valence-electron chi connectivity index (χ2n) is 5.66. The Labute approximate surface area is 156 Å². The molecule has 0 radical (unpaired) electrons. The molecule has 0 fully saturated rings. The molecule has 1 heterocycles. The fraction of sp³-hybridized carbons (Fsp3) is 0.300. The van der Waals surface area contributed by atoms with Crippen molar-refractivity contribution >= 4 is 11.8 Å². The third-order valence-corrected chi connectivity index (χ3v) is 3.90. The van der Waals surface area contributed by atoms with E-state index in [2.05, 4.69) is 0 Å². The van der Waals surface area contributed by atoms with Gasteiger partial charge in [-0.3, -0.25) is 4.79 Å². The van der Waals surface area contributed by atoms with Crippen LogP contribution in [0.4, 0.5) is 0 Å². The average Bonchev–Trinajstić information content (AvgIpc) is 2.71. The molecule has 1 aliphatic heterocycles. The van der Waals surface area contributed by atoms with Crippen molar-refractivity contribution in [2.24, 2.45) is 0 Å². The summed E-state index contributed by atoms with van der Waals surface area (Å²) in [6, 6.07) is 9.57. The van der Waals surface area contributed by atoms with E-state index in [1.165, 1.54) is 13.2 Å². The van der Waals surface area contributed by atoms with Crippen molar-refractivity contribution < 1.29 is 33.3 Å². The van der Waals surface area contributed by atoms with Crippen LogP contribution in [-0.4, -0.2) is 45.3 Å². The van der Waals surface area contributed by atoms with Gasteiger partial charge in [0.2, 0.25) is 0 Å². The molecular formula is C20H20O7. The lowest BCUT2D eigenvalue weighted by Gasteiger charge is -2.18. The van der Waals surface area contributed by atoms with Gasteiger partial charge >= 0.3 is 5.97 Å². The summed E-state index contributed by atoms with van der Waals surface area (Å²) in [4.78, 5) is 24.6. The van der Waals surface area contributed by atoms with E-state index in [-0.39, 0.29) is 18.0 Å². The van der Waals surface area contributed by atoms with E-state index in [9.17, 15) is 9.59 Å². The minimum Gasteiger partial charge on any atom is -0.493 e. The number of hydrogen-bond donors (Lipinski definition) is 0. The van der Waals surface area contributed by atoms with Gasteiger partial charge in [-0.2, -0.15) is 0 Å². The zero-order valence-corrected chi connectivity index (χ0v) is 15.2. The first-order valence-electron chi connectivity index (χ1n) is 8.53. The van der Waals surface area contributed by atoms with Gasteiger partial charge < -0.3 is 23.7 Å². The molecule has 3 rings (SSSR count). The Morgan fingerprint density at radius 2 is 1.70 bits per heavy atom. The lowest BCUT2D eigenvalue weighted by Crippen LogP contribution is -2.17. The third-order valence-electron chi connectivity index (χ3n) is 3.90. The van der Waals surface area contributed by atoms with Crippen molar-refractivity contribution in [3.8, 4) is 23.0 Å². The van der Waals surface area contributed by atoms with Crippen molar-refractivity contribution in [2.45, 2.75) is 6.92 Å². The molecule has 0 unspecified atom stereocenters. The number of carbonyl (C=O) groups excluding carboxylic acids is 2. The lowest BCUT2D eigenvalue weighted by molar-refractivity contribution is 0.0474. The van der Waals surface area contributed by atoms with Crippen molar-refractivity contribution in [1.82, 2.24) is 0 Å². The molecule has 0 aliphatic carbocycles. The zero-order chi connectivity index (χ0) is 19.2. The van der Waals surface area contributed by atoms with Gasteiger partial charge in [0.25, 0.3) is 0 Å². The minimum atomic E-state index is -0.621. The van der Waals surface area contributed by atoms with Crippen LogP contribution in [0.5, 0.6) is 23.0 Å². The maximum Gasteiger partial charge on any atom is 0.338 e. The second-order valence-corrected chi connectivity index (χ2v) is 5.66. The molecule has 142 valence electrons. The van der Waals surface area contributed by atoms with Crippen LogP contribution in [0.15, 0.2) is 36.4 Å². The molecule has 2 aromatic rings. The first kappa shape index (κ1) is 18.6. The van der Waals surface area contributed by atoms with E-state index in [1.54, 1.807) is 30.3 Å². The van der Waals surface area contributed by atoms with E-state index >= 15 is 0 Å². The molecule has 0 bridgehead atoms. The van der Waals surface area contributed by atoms with Crippen LogP contribution in [0.1, 0.15) is 27.6 Å². The van der Waals surface area contributed by atoms with E-state index in [4.69, 9.17) is 23.7 Å². The summed E-state index contributed by atoms with van der Waals surface area (Å²) in [5.41, 5.74) is 0.658. The quantitative estimate of drug-likeness (QED) is 0.546. The number of methoxy groups -OCH3 is 1. The number of Topliss-reactive ketones (excluding diaryl/α,β-unsaturated/α-hetero) is 1. The number of benzene rings is 2. The normalized spacial score (nSPS) is 12.2. The van der Waals surface area contributed by atoms with Crippen molar-refractivity contribution in [3.63, 3.8) is 0 Å². The molecule has 7 nitrogen and oxygen atoms in total. The van der Waals surface area contributed by atoms with Crippen LogP contribution in [0.2, 0.25) is 0 Å². The van der Waals surface area contributed by atoms with Gasteiger partial charge in [0, 0.05) is 5.56 Å². The first-order chi connectivity index (χ1) is 13.1. The molecule has 0 saturated carbocycles. The fourth-order valence-corrected chi connectivity index (χ4v) is 2.59. The number of carbonyl (C=O) groups is 2. The first-order valence-corrected chi connectivity index (χ1v) is 8.53. The Morgan fingerprint density at radius 1 is 0.963 bits per heavy atom. The van der Waals surface area contributed by atoms with Gasteiger partial charge in [-0.15, -0.1) is 0 Å². The summed E-state index contributed by atoms with van der Waals surface area (Å²) >= 11 is 0. The molecule has 1 aliphatic rings. The molecule has 27 heavy (non-hydrogen) atoms. The highest BCUT2D eigenvalue weighted by atomic mass is 16.6. The molecule has 2 aromatic carbocycles. The van der Waals surface area contributed by atoms with Gasteiger partial charge in [0.1, 0.15) is 13.2 Å². The predicted molar refractivity (Wildman–Crippen MR) is 96.2 cm³/mol. The van der Waals surface area contributed by atoms with Gasteiger partial charge in [-0.05, 0) is 43.3 Å². The summed E-state index contributed by atoms with van der Waals surface area (Å²) in [6.45, 7) is 2.78. The van der Waals surface area contributed by atoms with Gasteiger partial charge in [0.15, 0.2) is 35.4 Å². The number of rotatable bonds is 7. The second kappa shape index (κ2) is 8.44. The fourth-order valence-electron chi connectivity index (χ4n) is 2.59. The smallest absolute Gasteiger partial charge is 0.338 e. The highest BCUT2D eigenvalue weighted by Gasteiger charge is 2.17. The number of fused-ring (bicyclic) bond motifs is 1. The Hall–Kier alpha value is -3.22. The maximum atomic E-state index is 12.3. The molecule has 0 spiro atoms. The minimum absolute atomic E-state index is 0.272. The van der Waals surface area contributed by atoms with Crippen LogP contribution in [-0.2, 0) is 4.74 Å². The van der Waals surface area contributed by atoms with Crippen LogP contribution in [0, 0.1) is 0 Å². The molecule has 0 saturated heterocycles. The number of ether oxygens (including phenoxy) is 5. The molecule has 0 aromatic heterocycles. The van der Waals surface area contributed by atoms with E-state index in [0.717, 1.165) is 0 Å². The largest absolute Gasteiger partial charge is 0.493 e. The standard InChI is InChI=1S/C20H20O7/c1-3-24-18-11-14(5-6-16(18)23-2)20(22)27-12-15(21)13-4-7-17-19(10-13)26-9-8-25-17/h4-7,10-11H,3,8-9,12H2,1-2H3. The Morgan fingerprint density at radius 3 is 2.44 bits per heavy atom. The number of hydrogen-bond acceptors (Lipinski definition) is 7. The average molecular weight is 372 g/mol. The monoisotopic (exact) mass is 372 g/mol. The molecular weight excluding hydrogens is 352 g/mol. The Bertz CT molecular complexity index is 844. The van der Waals surface area contributed by atoms with Crippen molar-refractivity contribution in [2.75, 3.05) is 33.5 Å². The Kier molecular flexibility index (Phi) is 5.80. The third kappa shape index (κ3) is 4.31. The Balaban J connectivity index is 1.65. The molecule has 0 N–H and O–H groups in total. The number of esters is 1. The molecule has 7 heteroatoms. The summed E-state index contributed by atoms with van der Waals surface area (Å²) in [7, 11) is 1.52. The summed E-state index contributed by atoms with van der Waals surface area (Å²) < 4.78 is 26.6. The van der Waals surface area contributed by atoms with Crippen LogP contribution < -0.4 is 18.9 Å². The zero-order valence-electron chi connectivity index (χ0n) is 15.2. The van der Waals surface area contributed by atoms with Crippen molar-refractivity contribution in [3.05, 3.63) is 47.5 Å². The van der Waals surface area contributed by atoms with E-state index in [1.807, 2.05) is 6.92 Å². The van der Waals surface area contributed by atoms with E-state index < -0.39 is 5.97 Å². The van der Waals surface area contributed by atoms with Crippen LogP contribution in [0.3, 0.4) is 0 Å². The topological polar surface area (TPSA) is 80.3 Å². The summed E-state index contributed by atoms with van der Waals surface area (Å²) in [6.07, 6.45) is 0. The SMILES string of the molecule is CCOc1cc(C(=O)OCC(=O)c2ccc3c(c2)OCCO3)ccc1OC. The predicted octanol–water partition coefficient (Wildman–Crippen LogP) is 2.90.